The van der Waals surface area contributed by atoms with Crippen molar-refractivity contribution >= 4 is 0 Å². The van der Waals surface area contributed by atoms with E-state index in [-0.39, 0.29) is 33.0 Å². The topological polar surface area (TPSA) is 110 Å². The Balaban J connectivity index is 0. The zero-order valence-electron chi connectivity index (χ0n) is 13.3. The van der Waals surface area contributed by atoms with E-state index in [2.05, 4.69) is 6.58 Å². The van der Waals surface area contributed by atoms with Crippen LogP contribution in [0, 0.1) is 10.8 Å². The molecule has 0 radical (unpaired) electrons. The molecule has 0 saturated heterocycles. The van der Waals surface area contributed by atoms with Gasteiger partial charge in [-0.25, -0.2) is 0 Å². The minimum Gasteiger partial charge on any atom is -0.396 e. The highest BCUT2D eigenvalue weighted by atomic mass is 16.5. The van der Waals surface area contributed by atoms with Gasteiger partial charge in [0.25, 0.3) is 0 Å². The standard InChI is InChI=1S/C9H18O3.C6H14O3/c1-3-5-12-8-9(4-2,6-10)7-11;1-2-6(3-7,4-8)5-9/h3,10-11H,1,4-8H2,2H3;7-9H,2-5H2,1H3. The molecule has 0 spiro atoms. The summed E-state index contributed by atoms with van der Waals surface area (Å²) >= 11 is 0. The fourth-order valence-corrected chi connectivity index (χ4v) is 1.31. The predicted molar refractivity (Wildman–Crippen MR) is 81.9 cm³/mol. The van der Waals surface area contributed by atoms with Gasteiger partial charge >= 0.3 is 0 Å². The number of rotatable bonds is 11. The van der Waals surface area contributed by atoms with Gasteiger partial charge in [0, 0.05) is 10.8 Å². The fourth-order valence-electron chi connectivity index (χ4n) is 1.31. The average molecular weight is 308 g/mol. The largest absolute Gasteiger partial charge is 0.396 e. The second kappa shape index (κ2) is 13.2. The third-order valence-corrected chi connectivity index (χ3v) is 3.82. The molecule has 0 aromatic carbocycles. The number of hydrogen-bond acceptors (Lipinski definition) is 6. The molecule has 0 fully saturated rings. The second-order valence-corrected chi connectivity index (χ2v) is 5.30. The summed E-state index contributed by atoms with van der Waals surface area (Å²) in [5.41, 5.74) is -1.15. The first kappa shape index (κ1) is 22.8. The van der Waals surface area contributed by atoms with E-state index < -0.39 is 10.8 Å². The molecule has 5 N–H and O–H groups in total. The molecule has 21 heavy (non-hydrogen) atoms. The molecule has 0 atom stereocenters. The predicted octanol–water partition coefficient (Wildman–Crippen LogP) is -0.0703. The lowest BCUT2D eigenvalue weighted by atomic mass is 9.88. The smallest absolute Gasteiger partial charge is 0.0645 e. The maximum atomic E-state index is 9.01. The van der Waals surface area contributed by atoms with Crippen LogP contribution in [0.4, 0.5) is 0 Å². The van der Waals surface area contributed by atoms with Crippen molar-refractivity contribution in [1.29, 1.82) is 0 Å². The van der Waals surface area contributed by atoms with E-state index in [0.29, 0.717) is 26.1 Å². The first-order chi connectivity index (χ1) is 9.99. The van der Waals surface area contributed by atoms with Crippen molar-refractivity contribution in [3.8, 4) is 0 Å². The van der Waals surface area contributed by atoms with Crippen LogP contribution in [-0.4, -0.2) is 71.8 Å². The summed E-state index contributed by atoms with van der Waals surface area (Å²) in [4.78, 5) is 0. The maximum absolute atomic E-state index is 9.01. The van der Waals surface area contributed by atoms with Crippen LogP contribution in [0.25, 0.3) is 0 Å². The SMILES string of the molecule is C=CCOCC(CC)(CO)CO.CCC(CO)(CO)CO. The monoisotopic (exact) mass is 308 g/mol. The van der Waals surface area contributed by atoms with Crippen LogP contribution in [-0.2, 0) is 4.74 Å². The molecule has 0 rings (SSSR count). The first-order valence-corrected chi connectivity index (χ1v) is 7.22. The summed E-state index contributed by atoms with van der Waals surface area (Å²) in [5.74, 6) is 0. The van der Waals surface area contributed by atoms with E-state index >= 15 is 0 Å². The lowest BCUT2D eigenvalue weighted by Gasteiger charge is -2.27. The van der Waals surface area contributed by atoms with Gasteiger partial charge in [-0.15, -0.1) is 6.58 Å². The highest BCUT2D eigenvalue weighted by molar-refractivity contribution is 4.76. The molecule has 0 aromatic rings. The van der Waals surface area contributed by atoms with Crippen LogP contribution >= 0.6 is 0 Å². The van der Waals surface area contributed by atoms with Crippen LogP contribution in [0.3, 0.4) is 0 Å². The molecule has 6 nitrogen and oxygen atoms in total. The molecule has 0 aliphatic carbocycles. The number of hydrogen-bond donors (Lipinski definition) is 5. The molecule has 0 aliphatic heterocycles. The Morgan fingerprint density at radius 1 is 0.810 bits per heavy atom. The maximum Gasteiger partial charge on any atom is 0.0645 e. The normalized spacial score (nSPS) is 11.8. The third-order valence-electron chi connectivity index (χ3n) is 3.82. The summed E-state index contributed by atoms with van der Waals surface area (Å²) in [7, 11) is 0. The first-order valence-electron chi connectivity index (χ1n) is 7.22. The number of aliphatic hydroxyl groups is 5. The Bertz CT molecular complexity index is 211. The van der Waals surface area contributed by atoms with Gasteiger partial charge in [-0.05, 0) is 12.8 Å². The van der Waals surface area contributed by atoms with Gasteiger partial charge in [-0.1, -0.05) is 19.9 Å². The summed E-state index contributed by atoms with van der Waals surface area (Å²) < 4.78 is 5.18. The highest BCUT2D eigenvalue weighted by Crippen LogP contribution is 2.20. The minimum absolute atomic E-state index is 0.0445. The molecule has 0 aromatic heterocycles. The van der Waals surface area contributed by atoms with Gasteiger partial charge in [-0.2, -0.15) is 0 Å². The zero-order chi connectivity index (χ0) is 16.8. The van der Waals surface area contributed by atoms with Crippen LogP contribution in [0.5, 0.6) is 0 Å². The Hall–Kier alpha value is -0.500. The molecule has 0 amide bonds. The van der Waals surface area contributed by atoms with E-state index in [9.17, 15) is 0 Å². The molecular formula is C15H32O6. The van der Waals surface area contributed by atoms with Crippen molar-refractivity contribution in [3.05, 3.63) is 12.7 Å². The van der Waals surface area contributed by atoms with Crippen LogP contribution in [0.1, 0.15) is 26.7 Å². The van der Waals surface area contributed by atoms with E-state index in [4.69, 9.17) is 30.3 Å². The summed E-state index contributed by atoms with van der Waals surface area (Å²) in [5, 5.41) is 44.0. The van der Waals surface area contributed by atoms with Crippen molar-refractivity contribution in [1.82, 2.24) is 0 Å². The Kier molecular flexibility index (Phi) is 14.3. The number of ether oxygens (including phenoxy) is 1. The van der Waals surface area contributed by atoms with Crippen molar-refractivity contribution in [2.24, 2.45) is 10.8 Å². The number of aliphatic hydroxyl groups excluding tert-OH is 5. The molecule has 0 heterocycles. The molecule has 128 valence electrons. The van der Waals surface area contributed by atoms with E-state index in [1.807, 2.05) is 13.8 Å². The lowest BCUT2D eigenvalue weighted by Crippen LogP contribution is -2.34. The molecule has 0 saturated carbocycles. The van der Waals surface area contributed by atoms with Crippen LogP contribution < -0.4 is 0 Å². The van der Waals surface area contributed by atoms with Crippen LogP contribution in [0.2, 0.25) is 0 Å². The molecule has 0 aliphatic rings. The second-order valence-electron chi connectivity index (χ2n) is 5.30. The van der Waals surface area contributed by atoms with Gasteiger partial charge in [0.05, 0.1) is 46.2 Å². The van der Waals surface area contributed by atoms with Crippen LogP contribution in [0.15, 0.2) is 12.7 Å². The summed E-state index contributed by atoms with van der Waals surface area (Å²) in [6.45, 7) is 7.53. The van der Waals surface area contributed by atoms with Crippen molar-refractivity contribution in [2.45, 2.75) is 26.7 Å². The molecule has 0 unspecified atom stereocenters. The molecule has 6 heteroatoms. The van der Waals surface area contributed by atoms with Gasteiger partial charge in [0.15, 0.2) is 0 Å². The highest BCUT2D eigenvalue weighted by Gasteiger charge is 2.26. The average Bonchev–Trinajstić information content (AvgIpc) is 2.56. The van der Waals surface area contributed by atoms with E-state index in [1.165, 1.54) is 0 Å². The summed E-state index contributed by atoms with van der Waals surface area (Å²) in [6.07, 6.45) is 2.95. The van der Waals surface area contributed by atoms with Gasteiger partial charge in [0.2, 0.25) is 0 Å². The van der Waals surface area contributed by atoms with Gasteiger partial charge in [-0.3, -0.25) is 0 Å². The molecular weight excluding hydrogens is 276 g/mol. The lowest BCUT2D eigenvalue weighted by molar-refractivity contribution is -0.0227. The Morgan fingerprint density at radius 2 is 1.19 bits per heavy atom. The third kappa shape index (κ3) is 8.50. The van der Waals surface area contributed by atoms with Gasteiger partial charge in [0.1, 0.15) is 0 Å². The van der Waals surface area contributed by atoms with Crippen molar-refractivity contribution in [3.63, 3.8) is 0 Å². The fraction of sp³-hybridized carbons (Fsp3) is 0.867. The minimum atomic E-state index is -0.667. The summed E-state index contributed by atoms with van der Waals surface area (Å²) in [6, 6.07) is 0. The molecule has 0 bridgehead atoms. The van der Waals surface area contributed by atoms with Gasteiger partial charge < -0.3 is 30.3 Å². The Labute approximate surface area is 127 Å². The van der Waals surface area contributed by atoms with Crippen molar-refractivity contribution in [2.75, 3.05) is 46.2 Å². The Morgan fingerprint density at radius 3 is 1.38 bits per heavy atom. The van der Waals surface area contributed by atoms with Crippen molar-refractivity contribution < 1.29 is 30.3 Å². The van der Waals surface area contributed by atoms with E-state index in [0.717, 1.165) is 0 Å². The zero-order valence-corrected chi connectivity index (χ0v) is 13.3. The van der Waals surface area contributed by atoms with E-state index in [1.54, 1.807) is 6.08 Å². The quantitative estimate of drug-likeness (QED) is 0.270.